The molecular formula is C14H13F4NO2. The van der Waals surface area contributed by atoms with Crippen LogP contribution in [-0.2, 0) is 4.74 Å². The maximum absolute atomic E-state index is 13.5. The molecule has 1 heterocycles. The highest BCUT2D eigenvalue weighted by Crippen LogP contribution is 2.39. The fraction of sp³-hybridized carbons (Fsp3) is 0.500. The molecule has 3 atom stereocenters. The van der Waals surface area contributed by atoms with Gasteiger partial charge >= 0.3 is 0 Å². The molecule has 1 aliphatic heterocycles. The van der Waals surface area contributed by atoms with Crippen molar-refractivity contribution in [1.82, 2.24) is 5.32 Å². The highest BCUT2D eigenvalue weighted by Gasteiger charge is 2.45. The molecule has 3 nitrogen and oxygen atoms in total. The van der Waals surface area contributed by atoms with E-state index in [0.717, 1.165) is 12.8 Å². The summed E-state index contributed by atoms with van der Waals surface area (Å²) in [5, 5.41) is 2.50. The molecule has 0 aromatic heterocycles. The molecule has 1 aromatic carbocycles. The molecule has 3 rings (SSSR count). The number of ether oxygens (including phenoxy) is 1. The Morgan fingerprint density at radius 1 is 1.19 bits per heavy atom. The number of carbonyl (C=O) groups is 1. The van der Waals surface area contributed by atoms with E-state index in [2.05, 4.69) is 5.32 Å². The summed E-state index contributed by atoms with van der Waals surface area (Å²) in [7, 11) is 0. The first-order valence-electron chi connectivity index (χ1n) is 6.74. The third-order valence-electron chi connectivity index (χ3n) is 3.95. The van der Waals surface area contributed by atoms with E-state index < -0.39 is 34.7 Å². The molecule has 2 fully saturated rings. The molecular weight excluding hydrogens is 290 g/mol. The Morgan fingerprint density at radius 3 is 2.62 bits per heavy atom. The maximum atomic E-state index is 13.5. The second-order valence-corrected chi connectivity index (χ2v) is 5.38. The molecule has 1 saturated heterocycles. The average molecular weight is 303 g/mol. The predicted molar refractivity (Wildman–Crippen MR) is 64.6 cm³/mol. The van der Waals surface area contributed by atoms with Crippen LogP contribution in [0.3, 0.4) is 0 Å². The zero-order valence-electron chi connectivity index (χ0n) is 11.0. The van der Waals surface area contributed by atoms with Crippen LogP contribution in [0.4, 0.5) is 17.6 Å². The Bertz CT molecular complexity index is 587. The third-order valence-corrected chi connectivity index (χ3v) is 3.95. The molecule has 1 unspecified atom stereocenters. The Kier molecular flexibility index (Phi) is 3.61. The van der Waals surface area contributed by atoms with E-state index >= 15 is 0 Å². The Balaban J connectivity index is 1.69. The number of benzene rings is 1. The quantitative estimate of drug-likeness (QED) is 0.529. The van der Waals surface area contributed by atoms with Crippen molar-refractivity contribution in [2.45, 2.75) is 31.4 Å². The predicted octanol–water partition coefficient (Wildman–Crippen LogP) is 2.54. The van der Waals surface area contributed by atoms with E-state index in [9.17, 15) is 22.4 Å². The second kappa shape index (κ2) is 5.29. The third kappa shape index (κ3) is 2.62. The molecule has 0 bridgehead atoms. The van der Waals surface area contributed by atoms with E-state index in [1.165, 1.54) is 0 Å². The lowest BCUT2D eigenvalue weighted by molar-refractivity contribution is 0.0863. The Morgan fingerprint density at radius 2 is 1.95 bits per heavy atom. The van der Waals surface area contributed by atoms with Gasteiger partial charge in [0.1, 0.15) is 0 Å². The number of rotatable bonds is 3. The van der Waals surface area contributed by atoms with E-state index in [4.69, 9.17) is 4.74 Å². The van der Waals surface area contributed by atoms with Crippen molar-refractivity contribution in [3.8, 4) is 0 Å². The summed E-state index contributed by atoms with van der Waals surface area (Å²) in [6.07, 6.45) is 2.63. The summed E-state index contributed by atoms with van der Waals surface area (Å²) in [4.78, 5) is 11.8. The van der Waals surface area contributed by atoms with Crippen molar-refractivity contribution < 1.29 is 27.1 Å². The summed E-state index contributed by atoms with van der Waals surface area (Å²) < 4.78 is 58.0. The van der Waals surface area contributed by atoms with Crippen molar-refractivity contribution >= 4 is 5.91 Å². The van der Waals surface area contributed by atoms with Crippen LogP contribution in [0.1, 0.15) is 29.6 Å². The van der Waals surface area contributed by atoms with Gasteiger partial charge in [-0.25, -0.2) is 17.6 Å². The SMILES string of the molecule is O=C(N[C@@H]1C[C@H]1C1CCCO1)c1cc(F)c(F)c(F)c1F. The molecule has 1 aliphatic carbocycles. The number of halogens is 4. The van der Waals surface area contributed by atoms with Gasteiger partial charge in [0.25, 0.3) is 5.91 Å². The minimum atomic E-state index is -1.98. The van der Waals surface area contributed by atoms with Gasteiger partial charge < -0.3 is 10.1 Å². The van der Waals surface area contributed by atoms with Crippen LogP contribution >= 0.6 is 0 Å². The van der Waals surface area contributed by atoms with Gasteiger partial charge in [0, 0.05) is 18.6 Å². The van der Waals surface area contributed by atoms with Gasteiger partial charge in [-0.15, -0.1) is 0 Å². The smallest absolute Gasteiger partial charge is 0.254 e. The van der Waals surface area contributed by atoms with E-state index in [0.29, 0.717) is 19.1 Å². The number of nitrogens with one attached hydrogen (secondary N) is 1. The summed E-state index contributed by atoms with van der Waals surface area (Å²) in [6, 6.07) is 0.170. The molecule has 1 aromatic rings. The number of amides is 1. The van der Waals surface area contributed by atoms with E-state index in [1.54, 1.807) is 0 Å². The van der Waals surface area contributed by atoms with Crippen LogP contribution in [0.15, 0.2) is 6.07 Å². The van der Waals surface area contributed by atoms with Gasteiger partial charge in [-0.3, -0.25) is 4.79 Å². The summed E-state index contributed by atoms with van der Waals surface area (Å²) in [5.74, 6) is -7.98. The number of carbonyl (C=O) groups excluding carboxylic acids is 1. The van der Waals surface area contributed by atoms with Crippen molar-refractivity contribution in [2.24, 2.45) is 5.92 Å². The lowest BCUT2D eigenvalue weighted by Gasteiger charge is -2.10. The van der Waals surface area contributed by atoms with E-state index in [1.807, 2.05) is 0 Å². The molecule has 7 heteroatoms. The highest BCUT2D eigenvalue weighted by atomic mass is 19.2. The minimum absolute atomic E-state index is 0.0711. The zero-order chi connectivity index (χ0) is 15.1. The van der Waals surface area contributed by atoms with Crippen LogP contribution in [0, 0.1) is 29.2 Å². The topological polar surface area (TPSA) is 38.3 Å². The number of hydrogen-bond acceptors (Lipinski definition) is 2. The van der Waals surface area contributed by atoms with Crippen LogP contribution in [-0.4, -0.2) is 24.7 Å². The molecule has 2 aliphatic rings. The van der Waals surface area contributed by atoms with Gasteiger partial charge in [-0.2, -0.15) is 0 Å². The van der Waals surface area contributed by atoms with Gasteiger partial charge in [0.15, 0.2) is 23.3 Å². The van der Waals surface area contributed by atoms with E-state index in [-0.39, 0.29) is 18.1 Å². The molecule has 1 N–H and O–H groups in total. The average Bonchev–Trinajstić information content (AvgIpc) is 3.01. The molecule has 1 saturated carbocycles. The highest BCUT2D eigenvalue weighted by molar-refractivity contribution is 5.95. The summed E-state index contributed by atoms with van der Waals surface area (Å²) >= 11 is 0. The first kappa shape index (κ1) is 14.3. The lowest BCUT2D eigenvalue weighted by Crippen LogP contribution is -2.30. The molecule has 114 valence electrons. The monoisotopic (exact) mass is 303 g/mol. The number of hydrogen-bond donors (Lipinski definition) is 1. The zero-order valence-corrected chi connectivity index (χ0v) is 11.0. The molecule has 1 amide bonds. The summed E-state index contributed by atoms with van der Waals surface area (Å²) in [5.41, 5.74) is -0.829. The normalized spacial score (nSPS) is 27.7. The molecule has 0 radical (unpaired) electrons. The van der Waals surface area contributed by atoms with Crippen molar-refractivity contribution in [3.05, 3.63) is 34.9 Å². The van der Waals surface area contributed by atoms with Crippen molar-refractivity contribution in [2.75, 3.05) is 6.61 Å². The van der Waals surface area contributed by atoms with Crippen LogP contribution in [0.25, 0.3) is 0 Å². The van der Waals surface area contributed by atoms with Crippen molar-refractivity contribution in [3.63, 3.8) is 0 Å². The van der Waals surface area contributed by atoms with Crippen molar-refractivity contribution in [1.29, 1.82) is 0 Å². The fourth-order valence-electron chi connectivity index (χ4n) is 2.72. The van der Waals surface area contributed by atoms with Gasteiger partial charge in [-0.1, -0.05) is 0 Å². The molecule has 21 heavy (non-hydrogen) atoms. The van der Waals surface area contributed by atoms with Crippen LogP contribution in [0.2, 0.25) is 0 Å². The van der Waals surface area contributed by atoms with Gasteiger partial charge in [-0.05, 0) is 25.3 Å². The lowest BCUT2D eigenvalue weighted by atomic mass is 10.1. The van der Waals surface area contributed by atoms with Gasteiger partial charge in [0.2, 0.25) is 0 Å². The van der Waals surface area contributed by atoms with Crippen LogP contribution < -0.4 is 5.32 Å². The molecule has 0 spiro atoms. The largest absolute Gasteiger partial charge is 0.378 e. The minimum Gasteiger partial charge on any atom is -0.378 e. The van der Waals surface area contributed by atoms with Crippen LogP contribution in [0.5, 0.6) is 0 Å². The first-order chi connectivity index (χ1) is 9.99. The second-order valence-electron chi connectivity index (χ2n) is 5.38. The Labute approximate surface area is 118 Å². The Hall–Kier alpha value is -1.63. The first-order valence-corrected chi connectivity index (χ1v) is 6.74. The fourth-order valence-corrected chi connectivity index (χ4v) is 2.72. The summed E-state index contributed by atoms with van der Waals surface area (Å²) in [6.45, 7) is 0.685. The van der Waals surface area contributed by atoms with Gasteiger partial charge in [0.05, 0.1) is 11.7 Å². The standard InChI is InChI=1S/C14H13F4NO2/c15-8-4-7(11(16)13(18)12(8)17)14(20)19-9-5-6(9)10-2-1-3-21-10/h4,6,9-10H,1-3,5H2,(H,19,20)/t6-,9-,10?/m1/s1. The maximum Gasteiger partial charge on any atom is 0.254 e.